The lowest BCUT2D eigenvalue weighted by molar-refractivity contribution is 0.426. The maximum atomic E-state index is 9.95. The summed E-state index contributed by atoms with van der Waals surface area (Å²) in [4.78, 5) is 2.54. The third-order valence-electron chi connectivity index (χ3n) is 7.27. The molecule has 0 saturated carbocycles. The molecule has 7 rings (SSSR count). The molecule has 1 aromatic heterocycles. The lowest BCUT2D eigenvalue weighted by Gasteiger charge is -2.37. The molecule has 3 aliphatic rings. The highest BCUT2D eigenvalue weighted by Crippen LogP contribution is 2.63. The average molecular weight is 447 g/mol. The Hall–Kier alpha value is -3.12. The number of thiophene rings is 1. The molecule has 2 atom stereocenters. The second-order valence-electron chi connectivity index (χ2n) is 9.03. The van der Waals surface area contributed by atoms with Crippen molar-refractivity contribution in [2.45, 2.75) is 24.8 Å². The largest absolute Gasteiger partial charge is 0.488 e. The van der Waals surface area contributed by atoms with E-state index >= 15 is 0 Å². The van der Waals surface area contributed by atoms with Gasteiger partial charge in [0.15, 0.2) is 0 Å². The first kappa shape index (κ1) is 19.4. The van der Waals surface area contributed by atoms with Gasteiger partial charge in [0, 0.05) is 27.3 Å². The fraction of sp³-hybridized carbons (Fsp3) is 0.143. The van der Waals surface area contributed by atoms with Gasteiger partial charge in [0.2, 0.25) is 0 Å². The van der Waals surface area contributed by atoms with Crippen LogP contribution < -0.4 is 10.4 Å². The van der Waals surface area contributed by atoms with Crippen molar-refractivity contribution in [3.8, 4) is 11.1 Å². The molecule has 0 spiro atoms. The van der Waals surface area contributed by atoms with Crippen LogP contribution >= 0.6 is 11.3 Å². The Labute approximate surface area is 197 Å². The zero-order valence-corrected chi connectivity index (χ0v) is 18.8. The van der Waals surface area contributed by atoms with Crippen molar-refractivity contribution in [3.05, 3.63) is 102 Å². The van der Waals surface area contributed by atoms with E-state index in [0.29, 0.717) is 5.46 Å². The minimum atomic E-state index is -1.48. The van der Waals surface area contributed by atoms with Crippen LogP contribution in [0.2, 0.25) is 0 Å². The molecular weight excluding hydrogens is 425 g/mol. The van der Waals surface area contributed by atoms with Gasteiger partial charge >= 0.3 is 7.12 Å². The molecule has 33 heavy (non-hydrogen) atoms. The minimum Gasteiger partial charge on any atom is -0.423 e. The number of allylic oxidation sites excluding steroid dienone is 3. The molecule has 2 aliphatic heterocycles. The summed E-state index contributed by atoms with van der Waals surface area (Å²) in [5.41, 5.74) is 8.12. The van der Waals surface area contributed by atoms with E-state index in [0.717, 1.165) is 18.4 Å². The highest BCUT2D eigenvalue weighted by atomic mass is 32.1. The first-order chi connectivity index (χ1) is 16.2. The summed E-state index contributed by atoms with van der Waals surface area (Å²) >= 11 is 1.83. The average Bonchev–Trinajstić information content (AvgIpc) is 3.41. The minimum absolute atomic E-state index is 0.136. The summed E-state index contributed by atoms with van der Waals surface area (Å²) in [7, 11) is -1.48. The summed E-state index contributed by atoms with van der Waals surface area (Å²) in [6, 6.07) is 23.5. The third-order valence-corrected chi connectivity index (χ3v) is 8.44. The zero-order valence-electron chi connectivity index (χ0n) is 18.0. The van der Waals surface area contributed by atoms with Gasteiger partial charge in [-0.25, -0.2) is 0 Å². The summed E-state index contributed by atoms with van der Waals surface area (Å²) in [6.45, 7) is 0. The van der Waals surface area contributed by atoms with Gasteiger partial charge in [-0.05, 0) is 52.7 Å². The monoisotopic (exact) mass is 447 g/mol. The SMILES string of the molecule is OB(O)c1ccc2c(c1)-c1c(sc3ccccc13)N1c3ccccc3C(C3=CCCC=C3)C21. The van der Waals surface area contributed by atoms with Gasteiger partial charge in [0.25, 0.3) is 0 Å². The van der Waals surface area contributed by atoms with E-state index in [1.165, 1.54) is 43.0 Å². The molecule has 0 radical (unpaired) electrons. The molecule has 3 aromatic carbocycles. The van der Waals surface area contributed by atoms with Crippen molar-refractivity contribution in [2.24, 2.45) is 0 Å². The highest BCUT2D eigenvalue weighted by molar-refractivity contribution is 7.23. The Morgan fingerprint density at radius 3 is 2.61 bits per heavy atom. The number of nitrogens with zero attached hydrogens (tertiary/aromatic N) is 1. The van der Waals surface area contributed by atoms with Crippen LogP contribution in [-0.2, 0) is 0 Å². The molecule has 5 heteroatoms. The maximum Gasteiger partial charge on any atom is 0.488 e. The van der Waals surface area contributed by atoms with Crippen LogP contribution in [0.25, 0.3) is 21.2 Å². The van der Waals surface area contributed by atoms with Crippen LogP contribution in [0.15, 0.2) is 90.5 Å². The first-order valence-corrected chi connectivity index (χ1v) is 12.3. The van der Waals surface area contributed by atoms with Gasteiger partial charge in [0.05, 0.1) is 6.04 Å². The number of hydrogen-bond donors (Lipinski definition) is 2. The molecule has 1 aliphatic carbocycles. The van der Waals surface area contributed by atoms with Gasteiger partial charge in [-0.1, -0.05) is 72.8 Å². The number of fused-ring (bicyclic) bond motifs is 10. The molecule has 2 N–H and O–H groups in total. The van der Waals surface area contributed by atoms with Gasteiger partial charge in [-0.3, -0.25) is 0 Å². The quantitative estimate of drug-likeness (QED) is 0.381. The zero-order chi connectivity index (χ0) is 22.1. The van der Waals surface area contributed by atoms with Gasteiger partial charge < -0.3 is 14.9 Å². The molecule has 0 bridgehead atoms. The summed E-state index contributed by atoms with van der Waals surface area (Å²) in [5, 5.41) is 22.4. The topological polar surface area (TPSA) is 43.7 Å². The van der Waals surface area contributed by atoms with Crippen LogP contribution in [0.4, 0.5) is 10.7 Å². The van der Waals surface area contributed by atoms with Crippen molar-refractivity contribution >= 4 is 44.7 Å². The van der Waals surface area contributed by atoms with Crippen molar-refractivity contribution in [2.75, 3.05) is 4.90 Å². The highest BCUT2D eigenvalue weighted by Gasteiger charge is 2.46. The molecule has 4 aromatic rings. The molecule has 0 amide bonds. The Morgan fingerprint density at radius 2 is 1.76 bits per heavy atom. The smallest absolute Gasteiger partial charge is 0.423 e. The van der Waals surface area contributed by atoms with E-state index in [1.807, 2.05) is 23.5 Å². The Balaban J connectivity index is 1.57. The Kier molecular flexibility index (Phi) is 4.22. The van der Waals surface area contributed by atoms with Crippen LogP contribution in [0.3, 0.4) is 0 Å². The van der Waals surface area contributed by atoms with E-state index in [4.69, 9.17) is 0 Å². The van der Waals surface area contributed by atoms with Crippen LogP contribution in [0, 0.1) is 0 Å². The van der Waals surface area contributed by atoms with Crippen LogP contribution in [-0.4, -0.2) is 17.2 Å². The molecule has 2 unspecified atom stereocenters. The van der Waals surface area contributed by atoms with E-state index in [2.05, 4.69) is 77.7 Å². The van der Waals surface area contributed by atoms with Crippen molar-refractivity contribution < 1.29 is 10.0 Å². The number of anilines is 2. The first-order valence-electron chi connectivity index (χ1n) is 11.5. The molecule has 160 valence electrons. The van der Waals surface area contributed by atoms with E-state index in [9.17, 15) is 10.0 Å². The van der Waals surface area contributed by atoms with Crippen molar-refractivity contribution in [1.29, 1.82) is 0 Å². The fourth-order valence-electron chi connectivity index (χ4n) is 5.89. The van der Waals surface area contributed by atoms with Crippen molar-refractivity contribution in [1.82, 2.24) is 0 Å². The summed E-state index contributed by atoms with van der Waals surface area (Å²) < 4.78 is 1.25. The van der Waals surface area contributed by atoms with Gasteiger partial charge in [-0.2, -0.15) is 0 Å². The van der Waals surface area contributed by atoms with E-state index < -0.39 is 7.12 Å². The number of para-hydroxylation sites is 1. The maximum absolute atomic E-state index is 9.95. The number of hydrogen-bond acceptors (Lipinski definition) is 4. The predicted octanol–water partition coefficient (Wildman–Crippen LogP) is 5.81. The molecule has 0 fully saturated rings. The Bertz CT molecular complexity index is 1480. The normalized spacial score (nSPS) is 20.2. The molecular formula is C28H22BNO2S. The summed E-state index contributed by atoms with van der Waals surface area (Å²) in [5.74, 6) is 0.236. The lowest BCUT2D eigenvalue weighted by atomic mass is 9.74. The van der Waals surface area contributed by atoms with Gasteiger partial charge in [-0.15, -0.1) is 11.3 Å². The molecule has 0 saturated heterocycles. The van der Waals surface area contributed by atoms with Crippen molar-refractivity contribution in [3.63, 3.8) is 0 Å². The number of rotatable bonds is 2. The van der Waals surface area contributed by atoms with Crippen LogP contribution in [0.1, 0.15) is 35.9 Å². The van der Waals surface area contributed by atoms with Crippen LogP contribution in [0.5, 0.6) is 0 Å². The third kappa shape index (κ3) is 2.70. The van der Waals surface area contributed by atoms with E-state index in [-0.39, 0.29) is 12.0 Å². The molecule has 3 heterocycles. The lowest BCUT2D eigenvalue weighted by Crippen LogP contribution is -2.32. The standard InChI is InChI=1S/C28H22BNO2S/c31-29(32)18-14-15-19-22(16-18)26-21-11-5-7-13-24(21)33-28(26)30-23-12-6-4-10-20(23)25(27(19)30)17-8-2-1-3-9-17/h2,4-16,25,27,31-32H,1,3H2. The second kappa shape index (κ2) is 7.19. The fourth-order valence-corrected chi connectivity index (χ4v) is 7.16. The number of benzene rings is 3. The summed E-state index contributed by atoms with van der Waals surface area (Å²) in [6.07, 6.45) is 9.17. The van der Waals surface area contributed by atoms with E-state index in [1.54, 1.807) is 0 Å². The predicted molar refractivity (Wildman–Crippen MR) is 138 cm³/mol. The second-order valence-corrected chi connectivity index (χ2v) is 10.1. The molecule has 3 nitrogen and oxygen atoms in total. The van der Waals surface area contributed by atoms with Gasteiger partial charge in [0.1, 0.15) is 5.00 Å². The Morgan fingerprint density at radius 1 is 0.909 bits per heavy atom.